The Kier molecular flexibility index (Phi) is 9.29. The first-order valence-electron chi connectivity index (χ1n) is 5.13. The normalized spacial score (nSPS) is 13.5. The number of nitrogens with one attached hydrogen (secondary N) is 1. The average Bonchev–Trinajstić information content (AvgIpc) is 2.19. The Balaban J connectivity index is 3.37. The van der Waals surface area contributed by atoms with Gasteiger partial charge in [-0.2, -0.15) is 0 Å². The van der Waals surface area contributed by atoms with E-state index in [-0.39, 0.29) is 12.3 Å². The van der Waals surface area contributed by atoms with Gasteiger partial charge in [0.15, 0.2) is 6.29 Å². The van der Waals surface area contributed by atoms with E-state index in [2.05, 4.69) is 5.32 Å². The number of ether oxygens (including phenoxy) is 3. The third-order valence-corrected chi connectivity index (χ3v) is 2.01. The van der Waals surface area contributed by atoms with E-state index >= 15 is 0 Å². The highest BCUT2D eigenvalue weighted by Gasteiger charge is 2.13. The molecule has 0 amide bonds. The predicted octanol–water partition coefficient (Wildman–Crippen LogP) is 1.01. The summed E-state index contributed by atoms with van der Waals surface area (Å²) in [5, 5.41) is 3.31. The van der Waals surface area contributed by atoms with Crippen LogP contribution in [0.25, 0.3) is 0 Å². The molecule has 0 bridgehead atoms. The highest BCUT2D eigenvalue weighted by molar-refractivity contribution is 4.63. The monoisotopic (exact) mass is 205 g/mol. The Bertz CT molecular complexity index is 118. The van der Waals surface area contributed by atoms with Crippen molar-refractivity contribution in [3.05, 3.63) is 0 Å². The fourth-order valence-electron chi connectivity index (χ4n) is 1.25. The van der Waals surface area contributed by atoms with Crippen molar-refractivity contribution in [1.29, 1.82) is 0 Å². The van der Waals surface area contributed by atoms with E-state index in [4.69, 9.17) is 14.2 Å². The van der Waals surface area contributed by atoms with Crippen LogP contribution in [0.4, 0.5) is 0 Å². The van der Waals surface area contributed by atoms with Gasteiger partial charge in [-0.25, -0.2) is 0 Å². The molecule has 0 rings (SSSR count). The molecule has 4 heteroatoms. The minimum atomic E-state index is -0.179. The molecule has 1 N–H and O–H groups in total. The average molecular weight is 205 g/mol. The molecular formula is C10H23NO3. The van der Waals surface area contributed by atoms with Gasteiger partial charge in [-0.1, -0.05) is 0 Å². The van der Waals surface area contributed by atoms with E-state index in [1.54, 1.807) is 14.2 Å². The molecule has 86 valence electrons. The Hall–Kier alpha value is -0.160. The largest absolute Gasteiger partial charge is 0.382 e. The molecule has 0 fully saturated rings. The van der Waals surface area contributed by atoms with Gasteiger partial charge in [0, 0.05) is 27.4 Å². The van der Waals surface area contributed by atoms with Crippen molar-refractivity contribution in [2.45, 2.75) is 32.6 Å². The van der Waals surface area contributed by atoms with Crippen molar-refractivity contribution < 1.29 is 14.2 Å². The molecule has 14 heavy (non-hydrogen) atoms. The summed E-state index contributed by atoms with van der Waals surface area (Å²) < 4.78 is 15.5. The summed E-state index contributed by atoms with van der Waals surface area (Å²) in [7, 11) is 3.29. The molecule has 0 aliphatic rings. The van der Waals surface area contributed by atoms with E-state index in [0.717, 1.165) is 26.2 Å². The van der Waals surface area contributed by atoms with E-state index in [1.807, 2.05) is 13.8 Å². The first kappa shape index (κ1) is 13.8. The van der Waals surface area contributed by atoms with E-state index in [1.165, 1.54) is 0 Å². The standard InChI is InChI=1S/C10H23NO3/c1-5-14-8-6-7-11-9(2)10(12-3)13-4/h9-11H,5-8H2,1-4H3. The highest BCUT2D eigenvalue weighted by Crippen LogP contribution is 1.98. The summed E-state index contributed by atoms with van der Waals surface area (Å²) >= 11 is 0. The quantitative estimate of drug-likeness (QED) is 0.450. The van der Waals surface area contributed by atoms with Gasteiger partial charge in [0.25, 0.3) is 0 Å². The summed E-state index contributed by atoms with van der Waals surface area (Å²) in [6.45, 7) is 6.56. The molecule has 0 spiro atoms. The first-order chi connectivity index (χ1) is 6.76. The number of methoxy groups -OCH3 is 2. The molecule has 0 heterocycles. The minimum Gasteiger partial charge on any atom is -0.382 e. The molecule has 0 aromatic heterocycles. The lowest BCUT2D eigenvalue weighted by Crippen LogP contribution is -2.40. The fraction of sp³-hybridized carbons (Fsp3) is 1.00. The number of hydrogen-bond acceptors (Lipinski definition) is 4. The van der Waals surface area contributed by atoms with Crippen LogP contribution in [0.15, 0.2) is 0 Å². The summed E-state index contributed by atoms with van der Waals surface area (Å²) in [4.78, 5) is 0. The van der Waals surface area contributed by atoms with E-state index < -0.39 is 0 Å². The molecule has 0 saturated carbocycles. The molecule has 0 saturated heterocycles. The van der Waals surface area contributed by atoms with Crippen LogP contribution in [-0.2, 0) is 14.2 Å². The van der Waals surface area contributed by atoms with Crippen LogP contribution >= 0.6 is 0 Å². The predicted molar refractivity (Wildman–Crippen MR) is 56.4 cm³/mol. The van der Waals surface area contributed by atoms with Crippen molar-refractivity contribution in [3.63, 3.8) is 0 Å². The molecule has 0 aromatic rings. The molecular weight excluding hydrogens is 182 g/mol. The lowest BCUT2D eigenvalue weighted by atomic mass is 10.3. The summed E-state index contributed by atoms with van der Waals surface area (Å²) in [5.41, 5.74) is 0. The van der Waals surface area contributed by atoms with Crippen molar-refractivity contribution in [2.24, 2.45) is 0 Å². The minimum absolute atomic E-state index is 0.179. The fourth-order valence-corrected chi connectivity index (χ4v) is 1.25. The van der Waals surface area contributed by atoms with Crippen molar-refractivity contribution in [1.82, 2.24) is 5.32 Å². The van der Waals surface area contributed by atoms with Crippen molar-refractivity contribution in [3.8, 4) is 0 Å². The lowest BCUT2D eigenvalue weighted by molar-refractivity contribution is -0.119. The Morgan fingerprint density at radius 1 is 1.21 bits per heavy atom. The SMILES string of the molecule is CCOCCCNC(C)C(OC)OC. The smallest absolute Gasteiger partial charge is 0.171 e. The van der Waals surface area contributed by atoms with E-state index in [9.17, 15) is 0 Å². The van der Waals surface area contributed by atoms with Crippen molar-refractivity contribution >= 4 is 0 Å². The van der Waals surface area contributed by atoms with Gasteiger partial charge in [0.05, 0.1) is 6.04 Å². The van der Waals surface area contributed by atoms with Crippen LogP contribution in [0.1, 0.15) is 20.3 Å². The molecule has 0 radical (unpaired) electrons. The zero-order chi connectivity index (χ0) is 10.8. The molecule has 4 nitrogen and oxygen atoms in total. The topological polar surface area (TPSA) is 39.7 Å². The van der Waals surface area contributed by atoms with Gasteiger partial charge < -0.3 is 19.5 Å². The molecule has 0 aliphatic heterocycles. The van der Waals surface area contributed by atoms with Gasteiger partial charge >= 0.3 is 0 Å². The van der Waals surface area contributed by atoms with Crippen LogP contribution in [0.2, 0.25) is 0 Å². The zero-order valence-corrected chi connectivity index (χ0v) is 9.71. The highest BCUT2D eigenvalue weighted by atomic mass is 16.7. The second kappa shape index (κ2) is 9.40. The third kappa shape index (κ3) is 6.32. The maximum absolute atomic E-state index is 5.23. The first-order valence-corrected chi connectivity index (χ1v) is 5.13. The Morgan fingerprint density at radius 2 is 1.86 bits per heavy atom. The zero-order valence-electron chi connectivity index (χ0n) is 9.71. The van der Waals surface area contributed by atoms with Gasteiger partial charge in [0.1, 0.15) is 0 Å². The summed E-state index contributed by atoms with van der Waals surface area (Å²) in [6, 6.07) is 0.201. The lowest BCUT2D eigenvalue weighted by Gasteiger charge is -2.22. The number of rotatable bonds is 9. The maximum atomic E-state index is 5.23. The van der Waals surface area contributed by atoms with Crippen LogP contribution in [0.3, 0.4) is 0 Å². The van der Waals surface area contributed by atoms with Gasteiger partial charge in [-0.05, 0) is 26.8 Å². The molecule has 0 aliphatic carbocycles. The van der Waals surface area contributed by atoms with Gasteiger partial charge in [-0.3, -0.25) is 0 Å². The van der Waals surface area contributed by atoms with Crippen LogP contribution in [0, 0.1) is 0 Å². The molecule has 0 aromatic carbocycles. The Morgan fingerprint density at radius 3 is 2.36 bits per heavy atom. The summed E-state index contributed by atoms with van der Waals surface area (Å²) in [5.74, 6) is 0. The second-order valence-electron chi connectivity index (χ2n) is 3.13. The summed E-state index contributed by atoms with van der Waals surface area (Å²) in [6.07, 6.45) is 0.834. The number of hydrogen-bond donors (Lipinski definition) is 1. The Labute approximate surface area is 86.9 Å². The molecule has 1 unspecified atom stereocenters. The van der Waals surface area contributed by atoms with Crippen LogP contribution in [-0.4, -0.2) is 46.3 Å². The van der Waals surface area contributed by atoms with Crippen molar-refractivity contribution in [2.75, 3.05) is 34.0 Å². The van der Waals surface area contributed by atoms with Gasteiger partial charge in [-0.15, -0.1) is 0 Å². The molecule has 1 atom stereocenters. The van der Waals surface area contributed by atoms with Crippen LogP contribution in [0.5, 0.6) is 0 Å². The third-order valence-electron chi connectivity index (χ3n) is 2.01. The van der Waals surface area contributed by atoms with Gasteiger partial charge in [0.2, 0.25) is 0 Å². The van der Waals surface area contributed by atoms with Crippen LogP contribution < -0.4 is 5.32 Å². The maximum Gasteiger partial charge on any atom is 0.171 e. The van der Waals surface area contributed by atoms with E-state index in [0.29, 0.717) is 0 Å². The second-order valence-corrected chi connectivity index (χ2v) is 3.13.